The van der Waals surface area contributed by atoms with Gasteiger partial charge in [0.25, 0.3) is 5.91 Å². The van der Waals surface area contributed by atoms with Crippen molar-refractivity contribution in [3.8, 4) is 0 Å². The molecule has 1 atom stereocenters. The first-order valence-electron chi connectivity index (χ1n) is 9.18. The average Bonchev–Trinajstić information content (AvgIpc) is 2.54. The molecular weight excluding hydrogens is 314 g/mol. The van der Waals surface area contributed by atoms with Crippen molar-refractivity contribution in [1.82, 2.24) is 14.7 Å². The Balaban J connectivity index is 1.78. The van der Waals surface area contributed by atoms with Crippen molar-refractivity contribution >= 4 is 5.91 Å². The molecule has 1 aromatic carbocycles. The number of hydrogen-bond donors (Lipinski definition) is 1. The van der Waals surface area contributed by atoms with Crippen molar-refractivity contribution in [2.45, 2.75) is 33.4 Å². The minimum Gasteiger partial charge on any atom is -0.384 e. The average molecular weight is 348 g/mol. The molecule has 0 radical (unpaired) electrons. The highest BCUT2D eigenvalue weighted by molar-refractivity contribution is 5.80. The van der Waals surface area contributed by atoms with Gasteiger partial charge in [0.15, 0.2) is 0 Å². The van der Waals surface area contributed by atoms with Crippen LogP contribution in [0, 0.1) is 5.41 Å². The first kappa shape index (κ1) is 19.9. The van der Waals surface area contributed by atoms with Gasteiger partial charge in [0.2, 0.25) is 0 Å². The first-order valence-corrected chi connectivity index (χ1v) is 9.18. The molecule has 25 heavy (non-hydrogen) atoms. The Bertz CT molecular complexity index is 537. The molecule has 1 aliphatic rings. The van der Waals surface area contributed by atoms with Crippen LogP contribution in [0.25, 0.3) is 0 Å². The number of carbonyl (C=O) groups excluding carboxylic acids is 1. The molecule has 1 amide bonds. The van der Waals surface area contributed by atoms with Crippen molar-refractivity contribution in [3.05, 3.63) is 35.9 Å². The summed E-state index contributed by atoms with van der Waals surface area (Å²) < 4.78 is 0. The van der Waals surface area contributed by atoms with E-state index in [9.17, 15) is 9.90 Å². The van der Waals surface area contributed by atoms with Gasteiger partial charge in [0, 0.05) is 45.8 Å². The van der Waals surface area contributed by atoms with E-state index in [1.165, 1.54) is 5.56 Å². The molecule has 5 nitrogen and oxygen atoms in total. The summed E-state index contributed by atoms with van der Waals surface area (Å²) in [5, 5.41) is 9.44. The molecule has 1 aliphatic heterocycles. The molecule has 0 spiro atoms. The number of hydrogen-bond acceptors (Lipinski definition) is 4. The molecule has 2 rings (SSSR count). The van der Waals surface area contributed by atoms with Crippen LogP contribution in [0.3, 0.4) is 0 Å². The number of piperazine rings is 1. The molecule has 1 heterocycles. The molecule has 1 unspecified atom stereocenters. The third kappa shape index (κ3) is 6.42. The lowest BCUT2D eigenvalue weighted by atomic mass is 9.91. The standard InChI is InChI=1S/C20H33N3O2/c1-17(24)19(25)23-12-10-22(11-13-23)16-20(2,3)15-21(4)14-18-8-6-5-7-9-18/h5-9,17,24H,10-16H2,1-4H3. The van der Waals surface area contributed by atoms with Gasteiger partial charge in [-0.3, -0.25) is 9.69 Å². The Morgan fingerprint density at radius 1 is 1.20 bits per heavy atom. The van der Waals surface area contributed by atoms with E-state index in [4.69, 9.17) is 0 Å². The molecule has 0 aliphatic carbocycles. The van der Waals surface area contributed by atoms with Crippen LogP contribution >= 0.6 is 0 Å². The molecule has 1 saturated heterocycles. The molecule has 0 saturated carbocycles. The van der Waals surface area contributed by atoms with Crippen molar-refractivity contribution < 1.29 is 9.90 Å². The van der Waals surface area contributed by atoms with Crippen LogP contribution in [0.5, 0.6) is 0 Å². The van der Waals surface area contributed by atoms with Crippen molar-refractivity contribution in [3.63, 3.8) is 0 Å². The van der Waals surface area contributed by atoms with E-state index in [0.29, 0.717) is 13.1 Å². The van der Waals surface area contributed by atoms with Gasteiger partial charge in [-0.1, -0.05) is 44.2 Å². The Hall–Kier alpha value is -1.43. The third-order valence-corrected chi connectivity index (χ3v) is 4.69. The van der Waals surface area contributed by atoms with E-state index in [0.717, 1.165) is 32.7 Å². The first-order chi connectivity index (χ1) is 11.8. The SMILES string of the molecule is CC(O)C(=O)N1CCN(CC(C)(C)CN(C)Cc2ccccc2)CC1. The number of carbonyl (C=O) groups is 1. The van der Waals surface area contributed by atoms with Gasteiger partial charge >= 0.3 is 0 Å². The van der Waals surface area contributed by atoms with E-state index < -0.39 is 6.10 Å². The van der Waals surface area contributed by atoms with Crippen molar-refractivity contribution in [2.24, 2.45) is 5.41 Å². The summed E-state index contributed by atoms with van der Waals surface area (Å²) in [5.74, 6) is -0.151. The predicted octanol–water partition coefficient (Wildman–Crippen LogP) is 1.67. The molecule has 140 valence electrons. The summed E-state index contributed by atoms with van der Waals surface area (Å²) in [6.45, 7) is 12.3. The lowest BCUT2D eigenvalue weighted by molar-refractivity contribution is -0.141. The maximum absolute atomic E-state index is 11.9. The van der Waals surface area contributed by atoms with Gasteiger partial charge in [-0.2, -0.15) is 0 Å². The van der Waals surface area contributed by atoms with Gasteiger partial charge in [-0.25, -0.2) is 0 Å². The summed E-state index contributed by atoms with van der Waals surface area (Å²) in [6.07, 6.45) is -0.894. The monoisotopic (exact) mass is 347 g/mol. The fraction of sp³-hybridized carbons (Fsp3) is 0.650. The molecular formula is C20H33N3O2. The van der Waals surface area contributed by atoms with E-state index in [1.54, 1.807) is 11.8 Å². The number of aliphatic hydroxyl groups excluding tert-OH is 1. The number of amides is 1. The zero-order valence-electron chi connectivity index (χ0n) is 16.1. The number of aliphatic hydroxyl groups is 1. The van der Waals surface area contributed by atoms with Gasteiger partial charge in [0.05, 0.1) is 0 Å². The zero-order chi connectivity index (χ0) is 18.4. The largest absolute Gasteiger partial charge is 0.384 e. The van der Waals surface area contributed by atoms with Gasteiger partial charge in [0.1, 0.15) is 6.10 Å². The van der Waals surface area contributed by atoms with E-state index >= 15 is 0 Å². The molecule has 0 bridgehead atoms. The Kier molecular flexibility index (Phi) is 6.99. The summed E-state index contributed by atoms with van der Waals surface area (Å²) in [5.41, 5.74) is 1.52. The quantitative estimate of drug-likeness (QED) is 0.815. The number of nitrogens with zero attached hydrogens (tertiary/aromatic N) is 3. The Morgan fingerprint density at radius 2 is 1.80 bits per heavy atom. The highest BCUT2D eigenvalue weighted by Gasteiger charge is 2.28. The van der Waals surface area contributed by atoms with Crippen LogP contribution in [-0.2, 0) is 11.3 Å². The maximum Gasteiger partial charge on any atom is 0.251 e. The van der Waals surface area contributed by atoms with Crippen LogP contribution in [0.1, 0.15) is 26.3 Å². The fourth-order valence-corrected chi connectivity index (χ4v) is 3.73. The normalized spacial score (nSPS) is 17.8. The predicted molar refractivity (Wildman–Crippen MR) is 101 cm³/mol. The third-order valence-electron chi connectivity index (χ3n) is 4.69. The summed E-state index contributed by atoms with van der Waals surface area (Å²) in [6, 6.07) is 10.6. The van der Waals surface area contributed by atoms with E-state index in [2.05, 4.69) is 61.0 Å². The van der Waals surface area contributed by atoms with Crippen LogP contribution < -0.4 is 0 Å². The summed E-state index contributed by atoms with van der Waals surface area (Å²) in [4.78, 5) is 18.4. The van der Waals surface area contributed by atoms with Crippen molar-refractivity contribution in [1.29, 1.82) is 0 Å². The van der Waals surface area contributed by atoms with Crippen LogP contribution in [0.4, 0.5) is 0 Å². The molecule has 1 N–H and O–H groups in total. The minimum atomic E-state index is -0.894. The lowest BCUT2D eigenvalue weighted by Crippen LogP contribution is -2.53. The van der Waals surface area contributed by atoms with Gasteiger partial charge in [-0.05, 0) is 24.9 Å². The fourth-order valence-electron chi connectivity index (χ4n) is 3.73. The van der Waals surface area contributed by atoms with E-state index in [-0.39, 0.29) is 11.3 Å². The zero-order valence-corrected chi connectivity index (χ0v) is 16.1. The molecule has 1 aromatic rings. The van der Waals surface area contributed by atoms with Crippen molar-refractivity contribution in [2.75, 3.05) is 46.3 Å². The minimum absolute atomic E-state index is 0.151. The summed E-state index contributed by atoms with van der Waals surface area (Å²) >= 11 is 0. The molecule has 5 heteroatoms. The van der Waals surface area contributed by atoms with Crippen LogP contribution in [0.15, 0.2) is 30.3 Å². The lowest BCUT2D eigenvalue weighted by Gasteiger charge is -2.40. The molecule has 1 fully saturated rings. The highest BCUT2D eigenvalue weighted by atomic mass is 16.3. The van der Waals surface area contributed by atoms with Gasteiger partial charge in [-0.15, -0.1) is 0 Å². The molecule has 0 aromatic heterocycles. The Labute approximate surface area is 152 Å². The second-order valence-electron chi connectivity index (χ2n) is 8.10. The van der Waals surface area contributed by atoms with E-state index in [1.807, 2.05) is 0 Å². The van der Waals surface area contributed by atoms with Crippen LogP contribution in [-0.4, -0.2) is 78.1 Å². The smallest absolute Gasteiger partial charge is 0.251 e. The second-order valence-corrected chi connectivity index (χ2v) is 8.10. The number of rotatable bonds is 7. The topological polar surface area (TPSA) is 47.0 Å². The van der Waals surface area contributed by atoms with Crippen LogP contribution in [0.2, 0.25) is 0 Å². The van der Waals surface area contributed by atoms with Gasteiger partial charge < -0.3 is 14.9 Å². The number of benzene rings is 1. The highest BCUT2D eigenvalue weighted by Crippen LogP contribution is 2.20. The Morgan fingerprint density at radius 3 is 2.36 bits per heavy atom. The second kappa shape index (κ2) is 8.79. The summed E-state index contributed by atoms with van der Waals surface area (Å²) in [7, 11) is 2.17. The maximum atomic E-state index is 11.9.